The van der Waals surface area contributed by atoms with Crippen LogP contribution in [0.1, 0.15) is 27.0 Å². The molecule has 1 fully saturated rings. The van der Waals surface area contributed by atoms with Crippen LogP contribution in [0.25, 0.3) is 0 Å². The molecule has 30 heavy (non-hydrogen) atoms. The number of hydrogen-bond donors (Lipinski definition) is 0. The molecule has 0 spiro atoms. The van der Waals surface area contributed by atoms with Crippen molar-refractivity contribution in [3.05, 3.63) is 52.6 Å². The zero-order chi connectivity index (χ0) is 22.1. The molecule has 0 aliphatic carbocycles. The molecule has 0 aromatic heterocycles. The Morgan fingerprint density at radius 2 is 1.33 bits per heavy atom. The largest absolute Gasteiger partial charge is 0.497 e. The summed E-state index contributed by atoms with van der Waals surface area (Å²) in [5.41, 5.74) is 2.98. The molecule has 1 saturated heterocycles. The first-order valence-electron chi connectivity index (χ1n) is 9.77. The molecule has 0 atom stereocenters. The minimum absolute atomic E-state index is 0.174. The van der Waals surface area contributed by atoms with Crippen LogP contribution in [-0.4, -0.2) is 63.9 Å². The van der Waals surface area contributed by atoms with E-state index >= 15 is 0 Å². The number of carbonyl (C=O) groups excluding carboxylic acids is 1. The summed E-state index contributed by atoms with van der Waals surface area (Å²) in [7, 11) is -0.561. The number of hydrogen-bond acceptors (Lipinski definition) is 5. The van der Waals surface area contributed by atoms with Gasteiger partial charge in [0.25, 0.3) is 5.91 Å². The first-order valence-corrected chi connectivity index (χ1v) is 11.2. The topological polar surface area (TPSA) is 76.2 Å². The van der Waals surface area contributed by atoms with Gasteiger partial charge in [0.1, 0.15) is 11.5 Å². The molecule has 1 aliphatic rings. The minimum Gasteiger partial charge on any atom is -0.497 e. The Labute approximate surface area is 178 Å². The number of methoxy groups -OCH3 is 2. The van der Waals surface area contributed by atoms with Gasteiger partial charge in [0, 0.05) is 37.8 Å². The molecule has 1 heterocycles. The first-order chi connectivity index (χ1) is 14.2. The number of amides is 1. The summed E-state index contributed by atoms with van der Waals surface area (Å²) in [5.74, 6) is 0.889. The summed E-state index contributed by atoms with van der Waals surface area (Å²) >= 11 is 0. The van der Waals surface area contributed by atoms with Gasteiger partial charge in [0.2, 0.25) is 10.0 Å². The smallest absolute Gasteiger partial charge is 0.254 e. The highest BCUT2D eigenvalue weighted by Crippen LogP contribution is 2.27. The summed E-state index contributed by atoms with van der Waals surface area (Å²) in [6, 6.07) is 8.79. The maximum absolute atomic E-state index is 13.2. The third-order valence-corrected chi connectivity index (χ3v) is 7.53. The van der Waals surface area contributed by atoms with E-state index in [1.165, 1.54) is 18.5 Å². The number of piperazine rings is 1. The van der Waals surface area contributed by atoms with Crippen LogP contribution in [0.4, 0.5) is 0 Å². The number of nitrogens with zero attached hydrogens (tertiary/aromatic N) is 2. The molecule has 2 aromatic carbocycles. The molecule has 7 nitrogen and oxygen atoms in total. The van der Waals surface area contributed by atoms with Crippen molar-refractivity contribution in [1.29, 1.82) is 0 Å². The number of ether oxygens (including phenoxy) is 2. The third-order valence-electron chi connectivity index (χ3n) is 5.33. The van der Waals surface area contributed by atoms with Gasteiger partial charge in [-0.1, -0.05) is 17.7 Å². The molecule has 2 aromatic rings. The van der Waals surface area contributed by atoms with Crippen molar-refractivity contribution < 1.29 is 22.7 Å². The predicted molar refractivity (Wildman–Crippen MR) is 115 cm³/mol. The van der Waals surface area contributed by atoms with E-state index < -0.39 is 10.0 Å². The molecular formula is C22H28N2O5S. The second kappa shape index (κ2) is 8.65. The summed E-state index contributed by atoms with van der Waals surface area (Å²) in [6.07, 6.45) is 0. The molecule has 162 valence electrons. The molecule has 0 radical (unpaired) electrons. The van der Waals surface area contributed by atoms with Crippen molar-refractivity contribution in [2.45, 2.75) is 25.7 Å². The molecule has 1 amide bonds. The summed E-state index contributed by atoms with van der Waals surface area (Å²) in [5, 5.41) is 0. The molecule has 0 unspecified atom stereocenters. The van der Waals surface area contributed by atoms with Crippen LogP contribution in [0.5, 0.6) is 11.5 Å². The number of benzene rings is 2. The van der Waals surface area contributed by atoms with Crippen LogP contribution in [0.3, 0.4) is 0 Å². The minimum atomic E-state index is -3.62. The monoisotopic (exact) mass is 432 g/mol. The van der Waals surface area contributed by atoms with Crippen LogP contribution in [0.15, 0.2) is 35.2 Å². The lowest BCUT2D eigenvalue weighted by Crippen LogP contribution is -2.50. The van der Waals surface area contributed by atoms with Crippen molar-refractivity contribution in [3.63, 3.8) is 0 Å². The second-order valence-electron chi connectivity index (χ2n) is 7.53. The third kappa shape index (κ3) is 4.29. The zero-order valence-electron chi connectivity index (χ0n) is 18.1. The Balaban J connectivity index is 1.77. The molecule has 0 saturated carbocycles. The summed E-state index contributed by atoms with van der Waals surface area (Å²) in [6.45, 7) is 6.74. The van der Waals surface area contributed by atoms with Gasteiger partial charge >= 0.3 is 0 Å². The highest BCUT2D eigenvalue weighted by molar-refractivity contribution is 7.89. The lowest BCUT2D eigenvalue weighted by molar-refractivity contribution is 0.0697. The zero-order valence-corrected chi connectivity index (χ0v) is 18.9. The molecule has 3 rings (SSSR count). The molecule has 0 N–H and O–H groups in total. The highest BCUT2D eigenvalue weighted by Gasteiger charge is 2.32. The fourth-order valence-corrected chi connectivity index (χ4v) is 5.78. The summed E-state index contributed by atoms with van der Waals surface area (Å²) < 4.78 is 38.4. The lowest BCUT2D eigenvalue weighted by Gasteiger charge is -2.34. The van der Waals surface area contributed by atoms with Crippen LogP contribution in [0, 0.1) is 20.8 Å². The van der Waals surface area contributed by atoms with Crippen molar-refractivity contribution in [2.75, 3.05) is 40.4 Å². The Hall–Kier alpha value is -2.58. The fourth-order valence-electron chi connectivity index (χ4n) is 3.95. The Morgan fingerprint density at radius 3 is 1.80 bits per heavy atom. The normalized spacial score (nSPS) is 15.2. The number of rotatable bonds is 5. The SMILES string of the molecule is COc1cc(OC)cc(C(=O)N2CCN(S(=O)(=O)c3c(C)cc(C)cc3C)CC2)c1. The Kier molecular flexibility index (Phi) is 6.38. The van der Waals surface area contributed by atoms with Crippen LogP contribution in [-0.2, 0) is 10.0 Å². The van der Waals surface area contributed by atoms with Gasteiger partial charge in [-0.2, -0.15) is 4.31 Å². The van der Waals surface area contributed by atoms with E-state index in [1.54, 1.807) is 23.1 Å². The van der Waals surface area contributed by atoms with Gasteiger partial charge < -0.3 is 14.4 Å². The maximum Gasteiger partial charge on any atom is 0.254 e. The molecule has 8 heteroatoms. The van der Waals surface area contributed by atoms with Crippen LogP contribution < -0.4 is 9.47 Å². The van der Waals surface area contributed by atoms with Crippen molar-refractivity contribution in [2.24, 2.45) is 0 Å². The van der Waals surface area contributed by atoms with Gasteiger partial charge in [-0.3, -0.25) is 4.79 Å². The van der Waals surface area contributed by atoms with E-state index in [1.807, 2.05) is 32.9 Å². The van der Waals surface area contributed by atoms with E-state index in [2.05, 4.69) is 0 Å². The lowest BCUT2D eigenvalue weighted by atomic mass is 10.1. The second-order valence-corrected chi connectivity index (χ2v) is 9.40. The van der Waals surface area contributed by atoms with Crippen LogP contribution >= 0.6 is 0 Å². The van der Waals surface area contributed by atoms with E-state index in [4.69, 9.17) is 9.47 Å². The Bertz CT molecular complexity index is 1010. The average Bonchev–Trinajstić information content (AvgIpc) is 2.71. The van der Waals surface area contributed by atoms with E-state index in [-0.39, 0.29) is 19.0 Å². The van der Waals surface area contributed by atoms with Gasteiger partial charge in [-0.25, -0.2) is 8.42 Å². The number of carbonyl (C=O) groups is 1. The van der Waals surface area contributed by atoms with Crippen molar-refractivity contribution >= 4 is 15.9 Å². The first kappa shape index (κ1) is 22.1. The quantitative estimate of drug-likeness (QED) is 0.726. The molecule has 0 bridgehead atoms. The number of sulfonamides is 1. The van der Waals surface area contributed by atoms with Crippen molar-refractivity contribution in [3.8, 4) is 11.5 Å². The standard InChI is InChI=1S/C22H28N2O5S/c1-15-10-16(2)21(17(3)11-15)30(26,27)24-8-6-23(7-9-24)22(25)18-12-19(28-4)14-20(13-18)29-5/h10-14H,6-9H2,1-5H3. The van der Waals surface area contributed by atoms with Crippen molar-refractivity contribution in [1.82, 2.24) is 9.21 Å². The van der Waals surface area contributed by atoms with Gasteiger partial charge in [-0.15, -0.1) is 0 Å². The van der Waals surface area contributed by atoms with E-state index in [0.717, 1.165) is 16.7 Å². The Morgan fingerprint density at radius 1 is 0.833 bits per heavy atom. The van der Waals surface area contributed by atoms with Gasteiger partial charge in [-0.05, 0) is 44.0 Å². The summed E-state index contributed by atoms with van der Waals surface area (Å²) in [4.78, 5) is 15.0. The van der Waals surface area contributed by atoms with Crippen LogP contribution in [0.2, 0.25) is 0 Å². The van der Waals surface area contributed by atoms with E-state index in [9.17, 15) is 13.2 Å². The van der Waals surface area contributed by atoms with Gasteiger partial charge in [0.05, 0.1) is 19.1 Å². The average molecular weight is 433 g/mol. The maximum atomic E-state index is 13.2. The van der Waals surface area contributed by atoms with E-state index in [0.29, 0.717) is 35.0 Å². The fraction of sp³-hybridized carbons (Fsp3) is 0.409. The predicted octanol–water partition coefficient (Wildman–Crippen LogP) is 2.78. The number of aryl methyl sites for hydroxylation is 3. The van der Waals surface area contributed by atoms with Gasteiger partial charge in [0.15, 0.2) is 0 Å². The molecular weight excluding hydrogens is 404 g/mol. The highest BCUT2D eigenvalue weighted by atomic mass is 32.2. The molecule has 1 aliphatic heterocycles.